The Morgan fingerprint density at radius 1 is 1.03 bits per heavy atom. The smallest absolute Gasteiger partial charge is 0.263 e. The summed E-state index contributed by atoms with van der Waals surface area (Å²) in [7, 11) is 0. The Hall–Kier alpha value is -3.67. The lowest BCUT2D eigenvalue weighted by Gasteiger charge is -2.25. The molecule has 2 heterocycles. The number of nitrogens with one attached hydrogen (secondary N) is 1. The molecule has 1 N–H and O–H groups in total. The molecule has 0 saturated heterocycles. The lowest BCUT2D eigenvalue weighted by atomic mass is 10.1. The van der Waals surface area contributed by atoms with Crippen molar-refractivity contribution in [1.82, 2.24) is 15.3 Å². The van der Waals surface area contributed by atoms with Gasteiger partial charge in [-0.1, -0.05) is 30.3 Å². The number of fused-ring (bicyclic) bond motifs is 1. The Morgan fingerprint density at radius 3 is 2.52 bits per heavy atom. The van der Waals surface area contributed by atoms with E-state index in [1.54, 1.807) is 20.0 Å². The van der Waals surface area contributed by atoms with Gasteiger partial charge in [-0.25, -0.2) is 4.98 Å². The number of benzene rings is 2. The highest BCUT2D eigenvalue weighted by atomic mass is 16.5. The van der Waals surface area contributed by atoms with Gasteiger partial charge in [-0.05, 0) is 55.8 Å². The second kappa shape index (κ2) is 7.75. The van der Waals surface area contributed by atoms with Gasteiger partial charge in [0, 0.05) is 18.3 Å². The number of pyridine rings is 1. The molecular weight excluding hydrogens is 366 g/mol. The maximum atomic E-state index is 12.6. The summed E-state index contributed by atoms with van der Waals surface area (Å²) in [5.74, 6) is 0.993. The van der Waals surface area contributed by atoms with Crippen molar-refractivity contribution in [1.29, 1.82) is 0 Å². The van der Waals surface area contributed by atoms with Gasteiger partial charge in [0.25, 0.3) is 5.91 Å². The zero-order chi connectivity index (χ0) is 20.3. The average molecular weight is 387 g/mol. The van der Waals surface area contributed by atoms with Gasteiger partial charge in [0.05, 0.1) is 0 Å². The summed E-state index contributed by atoms with van der Waals surface area (Å²) in [6, 6.07) is 20.6. The third kappa shape index (κ3) is 4.27. The number of rotatable bonds is 6. The molecule has 0 radical (unpaired) electrons. The van der Waals surface area contributed by atoms with Gasteiger partial charge in [-0.2, -0.15) is 4.98 Å². The van der Waals surface area contributed by atoms with E-state index in [1.807, 2.05) is 66.7 Å². The van der Waals surface area contributed by atoms with E-state index in [-0.39, 0.29) is 5.91 Å². The number of nitrogens with zero attached hydrogens (tertiary/aromatic N) is 2. The van der Waals surface area contributed by atoms with E-state index < -0.39 is 5.60 Å². The summed E-state index contributed by atoms with van der Waals surface area (Å²) >= 11 is 0. The molecule has 0 saturated carbocycles. The first-order chi connectivity index (χ1) is 14.0. The van der Waals surface area contributed by atoms with E-state index in [0.29, 0.717) is 29.4 Å². The molecule has 0 atom stereocenters. The third-order valence-electron chi connectivity index (χ3n) is 4.48. The lowest BCUT2D eigenvalue weighted by molar-refractivity contribution is -0.134. The highest BCUT2D eigenvalue weighted by molar-refractivity contribution is 5.84. The quantitative estimate of drug-likeness (QED) is 0.532. The van der Waals surface area contributed by atoms with E-state index in [4.69, 9.17) is 9.15 Å². The second-order valence-corrected chi connectivity index (χ2v) is 7.15. The molecule has 4 aromatic rings. The fourth-order valence-corrected chi connectivity index (χ4v) is 2.88. The fourth-order valence-electron chi connectivity index (χ4n) is 2.88. The number of oxazole rings is 1. The Morgan fingerprint density at radius 2 is 1.79 bits per heavy atom. The molecular formula is C23H21N3O3. The van der Waals surface area contributed by atoms with Crippen LogP contribution in [0.25, 0.3) is 22.7 Å². The molecule has 0 aliphatic heterocycles. The van der Waals surface area contributed by atoms with Crippen molar-refractivity contribution in [3.63, 3.8) is 0 Å². The number of amides is 1. The molecule has 0 aliphatic rings. The lowest BCUT2D eigenvalue weighted by Crippen LogP contribution is -2.46. The number of hydrogen-bond donors (Lipinski definition) is 1. The highest BCUT2D eigenvalue weighted by Gasteiger charge is 2.29. The minimum atomic E-state index is -0.980. The Kier molecular flexibility index (Phi) is 4.99. The van der Waals surface area contributed by atoms with Gasteiger partial charge >= 0.3 is 0 Å². The molecule has 146 valence electrons. The summed E-state index contributed by atoms with van der Waals surface area (Å²) in [6.07, 6.45) is 1.68. The first-order valence-corrected chi connectivity index (χ1v) is 9.34. The van der Waals surface area contributed by atoms with Crippen LogP contribution in [0.15, 0.2) is 77.3 Å². The van der Waals surface area contributed by atoms with Crippen molar-refractivity contribution in [3.8, 4) is 17.2 Å². The van der Waals surface area contributed by atoms with Crippen molar-refractivity contribution in [2.24, 2.45) is 0 Å². The van der Waals surface area contributed by atoms with Crippen LogP contribution in [-0.4, -0.2) is 21.5 Å². The van der Waals surface area contributed by atoms with Crippen molar-refractivity contribution < 1.29 is 13.9 Å². The van der Waals surface area contributed by atoms with Gasteiger partial charge in [0.15, 0.2) is 16.8 Å². The van der Waals surface area contributed by atoms with Crippen LogP contribution in [0, 0.1) is 0 Å². The molecule has 2 aromatic heterocycles. The number of aromatic nitrogens is 2. The Balaban J connectivity index is 1.39. The normalized spacial score (nSPS) is 11.4. The topological polar surface area (TPSA) is 77.2 Å². The van der Waals surface area contributed by atoms with E-state index in [9.17, 15) is 4.79 Å². The van der Waals surface area contributed by atoms with E-state index in [2.05, 4.69) is 15.3 Å². The maximum absolute atomic E-state index is 12.6. The van der Waals surface area contributed by atoms with Crippen LogP contribution < -0.4 is 10.1 Å². The third-order valence-corrected chi connectivity index (χ3v) is 4.48. The van der Waals surface area contributed by atoms with Crippen LogP contribution in [0.1, 0.15) is 19.4 Å². The molecule has 4 rings (SSSR count). The minimum Gasteiger partial charge on any atom is -0.478 e. The van der Waals surface area contributed by atoms with Crippen LogP contribution in [0.5, 0.6) is 5.75 Å². The zero-order valence-corrected chi connectivity index (χ0v) is 16.3. The van der Waals surface area contributed by atoms with Crippen LogP contribution in [0.4, 0.5) is 0 Å². The van der Waals surface area contributed by atoms with Crippen LogP contribution >= 0.6 is 0 Å². The molecule has 1 amide bonds. The molecule has 0 fully saturated rings. The van der Waals surface area contributed by atoms with Gasteiger partial charge in [0.2, 0.25) is 5.89 Å². The molecule has 0 aliphatic carbocycles. The standard InChI is InChI=1S/C23H21N3O3/c1-23(2,29-18-7-4-3-5-8-18)22(27)25-15-16-10-12-17(13-11-16)21-26-20-19(28-21)9-6-14-24-20/h3-14H,15H2,1-2H3,(H,25,27). The van der Waals surface area contributed by atoms with Gasteiger partial charge in [-0.15, -0.1) is 0 Å². The second-order valence-electron chi connectivity index (χ2n) is 7.15. The van der Waals surface area contributed by atoms with Crippen molar-refractivity contribution >= 4 is 17.1 Å². The van der Waals surface area contributed by atoms with Gasteiger partial charge in [0.1, 0.15) is 5.75 Å². The average Bonchev–Trinajstić information content (AvgIpc) is 3.17. The Labute approximate surface area is 168 Å². The van der Waals surface area contributed by atoms with Crippen LogP contribution in [-0.2, 0) is 11.3 Å². The van der Waals surface area contributed by atoms with Crippen molar-refractivity contribution in [2.75, 3.05) is 0 Å². The van der Waals surface area contributed by atoms with Crippen molar-refractivity contribution in [3.05, 3.63) is 78.5 Å². The van der Waals surface area contributed by atoms with E-state index in [0.717, 1.165) is 11.1 Å². The fraction of sp³-hybridized carbons (Fsp3) is 0.174. The van der Waals surface area contributed by atoms with Gasteiger partial charge in [-0.3, -0.25) is 4.79 Å². The number of ether oxygens (including phenoxy) is 1. The molecule has 29 heavy (non-hydrogen) atoms. The van der Waals surface area contributed by atoms with Gasteiger partial charge < -0.3 is 14.5 Å². The first-order valence-electron chi connectivity index (χ1n) is 9.34. The zero-order valence-electron chi connectivity index (χ0n) is 16.3. The SMILES string of the molecule is CC(C)(Oc1ccccc1)C(=O)NCc1ccc(-c2nc3ncccc3o2)cc1. The van der Waals surface area contributed by atoms with Crippen molar-refractivity contribution in [2.45, 2.75) is 26.0 Å². The number of carbonyl (C=O) groups excluding carboxylic acids is 1. The Bertz CT molecular complexity index is 1090. The maximum Gasteiger partial charge on any atom is 0.263 e. The number of para-hydroxylation sites is 1. The molecule has 6 nitrogen and oxygen atoms in total. The van der Waals surface area contributed by atoms with Crippen LogP contribution in [0.2, 0.25) is 0 Å². The van der Waals surface area contributed by atoms with Crippen LogP contribution in [0.3, 0.4) is 0 Å². The summed E-state index contributed by atoms with van der Waals surface area (Å²) < 4.78 is 11.6. The first kappa shape index (κ1) is 18.7. The van der Waals surface area contributed by atoms with E-state index in [1.165, 1.54) is 0 Å². The monoisotopic (exact) mass is 387 g/mol. The predicted molar refractivity (Wildman–Crippen MR) is 110 cm³/mol. The highest BCUT2D eigenvalue weighted by Crippen LogP contribution is 2.23. The summed E-state index contributed by atoms with van der Waals surface area (Å²) in [4.78, 5) is 21.1. The molecule has 6 heteroatoms. The predicted octanol–water partition coefficient (Wildman–Crippen LogP) is 4.36. The summed E-state index contributed by atoms with van der Waals surface area (Å²) in [5.41, 5.74) is 2.07. The summed E-state index contributed by atoms with van der Waals surface area (Å²) in [5, 5.41) is 2.93. The minimum absolute atomic E-state index is 0.185. The number of carbonyl (C=O) groups is 1. The largest absolute Gasteiger partial charge is 0.478 e. The molecule has 0 bridgehead atoms. The molecule has 2 aromatic carbocycles. The molecule has 0 spiro atoms. The molecule has 0 unspecified atom stereocenters. The summed E-state index contributed by atoms with van der Waals surface area (Å²) in [6.45, 7) is 3.90. The van der Waals surface area contributed by atoms with E-state index >= 15 is 0 Å². The number of hydrogen-bond acceptors (Lipinski definition) is 5.